The molecule has 5 heteroatoms. The first kappa shape index (κ1) is 17.2. The van der Waals surface area contributed by atoms with Crippen LogP contribution in [0, 0.1) is 0 Å². The van der Waals surface area contributed by atoms with Crippen molar-refractivity contribution >= 4 is 17.4 Å². The van der Waals surface area contributed by atoms with E-state index in [0.717, 1.165) is 31.5 Å². The zero-order chi connectivity index (χ0) is 18.5. The van der Waals surface area contributed by atoms with Crippen molar-refractivity contribution < 1.29 is 4.79 Å². The molecule has 1 aliphatic rings. The van der Waals surface area contributed by atoms with Gasteiger partial charge in [-0.1, -0.05) is 48.5 Å². The molecular weight excluding hydrogens is 336 g/mol. The van der Waals surface area contributed by atoms with Crippen LogP contribution >= 0.6 is 0 Å². The third-order valence-electron chi connectivity index (χ3n) is 4.81. The van der Waals surface area contributed by atoms with Crippen LogP contribution in [0.25, 0.3) is 0 Å². The van der Waals surface area contributed by atoms with E-state index in [-0.39, 0.29) is 5.91 Å². The average molecular weight is 358 g/mol. The summed E-state index contributed by atoms with van der Waals surface area (Å²) in [6.07, 6.45) is 2.92. The van der Waals surface area contributed by atoms with Gasteiger partial charge in [-0.2, -0.15) is 0 Å². The largest absolute Gasteiger partial charge is 0.369 e. The van der Waals surface area contributed by atoms with Gasteiger partial charge in [0.1, 0.15) is 5.82 Å². The highest BCUT2D eigenvalue weighted by molar-refractivity contribution is 6.06. The Hall–Kier alpha value is -3.21. The van der Waals surface area contributed by atoms with E-state index in [2.05, 4.69) is 45.8 Å². The van der Waals surface area contributed by atoms with E-state index in [9.17, 15) is 4.79 Å². The molecule has 27 heavy (non-hydrogen) atoms. The molecule has 1 N–H and O–H groups in total. The van der Waals surface area contributed by atoms with Crippen molar-refractivity contribution in [1.82, 2.24) is 10.2 Å². The molecule has 3 aromatic rings. The maximum Gasteiger partial charge on any atom is 0.278 e. The van der Waals surface area contributed by atoms with Gasteiger partial charge in [-0.15, -0.1) is 10.2 Å². The van der Waals surface area contributed by atoms with E-state index in [4.69, 9.17) is 0 Å². The summed E-state index contributed by atoms with van der Waals surface area (Å²) in [5, 5.41) is 11.6. The zero-order valence-electron chi connectivity index (χ0n) is 15.1. The van der Waals surface area contributed by atoms with E-state index in [1.54, 1.807) is 11.0 Å². The lowest BCUT2D eigenvalue weighted by atomic mass is 10.1. The molecule has 1 aliphatic heterocycles. The second kappa shape index (κ2) is 7.99. The number of aryl methyl sites for hydroxylation is 1. The highest BCUT2D eigenvalue weighted by Crippen LogP contribution is 2.28. The molecule has 0 spiro atoms. The maximum atomic E-state index is 12.7. The molecule has 0 aliphatic carbocycles. The van der Waals surface area contributed by atoms with Gasteiger partial charge in [0, 0.05) is 18.8 Å². The summed E-state index contributed by atoms with van der Waals surface area (Å²) in [5.74, 6) is 0.601. The Morgan fingerprint density at radius 1 is 0.963 bits per heavy atom. The van der Waals surface area contributed by atoms with E-state index in [1.165, 1.54) is 11.1 Å². The number of hydrogen-bond donors (Lipinski definition) is 1. The number of benzene rings is 2. The van der Waals surface area contributed by atoms with Gasteiger partial charge in [-0.3, -0.25) is 4.79 Å². The molecule has 0 atom stereocenters. The summed E-state index contributed by atoms with van der Waals surface area (Å²) >= 11 is 0. The van der Waals surface area contributed by atoms with Crippen molar-refractivity contribution in [1.29, 1.82) is 0 Å². The number of aromatic nitrogens is 2. The summed E-state index contributed by atoms with van der Waals surface area (Å²) in [6, 6.07) is 22.0. The molecule has 4 rings (SSSR count). The third-order valence-corrected chi connectivity index (χ3v) is 4.81. The van der Waals surface area contributed by atoms with Gasteiger partial charge < -0.3 is 10.2 Å². The van der Waals surface area contributed by atoms with Crippen LogP contribution in [0.5, 0.6) is 0 Å². The number of para-hydroxylation sites is 1. The Balaban J connectivity index is 1.32. The fraction of sp³-hybridized carbons (Fsp3) is 0.227. The van der Waals surface area contributed by atoms with Crippen LogP contribution < -0.4 is 10.2 Å². The smallest absolute Gasteiger partial charge is 0.278 e. The van der Waals surface area contributed by atoms with E-state index < -0.39 is 0 Å². The van der Waals surface area contributed by atoms with Crippen LogP contribution in [0.3, 0.4) is 0 Å². The van der Waals surface area contributed by atoms with Crippen LogP contribution in [0.2, 0.25) is 0 Å². The lowest BCUT2D eigenvalue weighted by molar-refractivity contribution is 0.0983. The minimum atomic E-state index is -0.0944. The first-order valence-corrected chi connectivity index (χ1v) is 9.32. The van der Waals surface area contributed by atoms with Gasteiger partial charge in [-0.05, 0) is 48.6 Å². The summed E-state index contributed by atoms with van der Waals surface area (Å²) in [5.41, 5.74) is 3.89. The van der Waals surface area contributed by atoms with Crippen molar-refractivity contribution in [2.24, 2.45) is 0 Å². The predicted octanol–water partition coefficient (Wildman–Crippen LogP) is 3.72. The number of rotatable bonds is 6. The Morgan fingerprint density at radius 2 is 1.78 bits per heavy atom. The highest BCUT2D eigenvalue weighted by Gasteiger charge is 2.26. The van der Waals surface area contributed by atoms with E-state index in [0.29, 0.717) is 18.1 Å². The van der Waals surface area contributed by atoms with Crippen molar-refractivity contribution in [3.05, 3.63) is 83.6 Å². The normalized spacial score (nSPS) is 12.7. The molecule has 5 nitrogen and oxygen atoms in total. The number of carbonyl (C=O) groups excluding carboxylic acids is 1. The fourth-order valence-electron chi connectivity index (χ4n) is 3.38. The van der Waals surface area contributed by atoms with Crippen LogP contribution in [-0.2, 0) is 12.8 Å². The molecule has 0 fully saturated rings. The van der Waals surface area contributed by atoms with Crippen molar-refractivity contribution in [2.45, 2.75) is 19.3 Å². The lowest BCUT2D eigenvalue weighted by Gasteiger charge is -2.16. The second-order valence-electron chi connectivity index (χ2n) is 6.66. The van der Waals surface area contributed by atoms with Gasteiger partial charge >= 0.3 is 0 Å². The monoisotopic (exact) mass is 358 g/mol. The number of carbonyl (C=O) groups is 1. The number of nitrogens with one attached hydrogen (secondary N) is 1. The highest BCUT2D eigenvalue weighted by atomic mass is 16.2. The minimum absolute atomic E-state index is 0.0944. The Bertz CT molecular complexity index is 909. The van der Waals surface area contributed by atoms with Crippen LogP contribution in [0.4, 0.5) is 11.5 Å². The standard InChI is InChI=1S/C22H22N4O/c27-22(26-16-14-18-10-4-5-11-20(18)26)19-12-13-21(25-24-19)23-15-6-9-17-7-2-1-3-8-17/h1-5,7-8,10-13H,6,9,14-16H2,(H,23,25). The van der Waals surface area contributed by atoms with E-state index in [1.807, 2.05) is 30.3 Å². The predicted molar refractivity (Wildman–Crippen MR) is 107 cm³/mol. The third kappa shape index (κ3) is 3.97. The van der Waals surface area contributed by atoms with E-state index >= 15 is 0 Å². The van der Waals surface area contributed by atoms with Crippen LogP contribution in [-0.4, -0.2) is 29.2 Å². The van der Waals surface area contributed by atoms with Crippen LogP contribution in [0.15, 0.2) is 66.7 Å². The molecule has 0 saturated heterocycles. The summed E-state index contributed by atoms with van der Waals surface area (Å²) in [6.45, 7) is 1.51. The topological polar surface area (TPSA) is 58.1 Å². The van der Waals surface area contributed by atoms with Crippen molar-refractivity contribution in [3.8, 4) is 0 Å². The first-order valence-electron chi connectivity index (χ1n) is 9.32. The molecule has 0 saturated carbocycles. The molecule has 0 unspecified atom stereocenters. The molecule has 0 bridgehead atoms. The molecule has 2 aromatic carbocycles. The Morgan fingerprint density at radius 3 is 2.59 bits per heavy atom. The zero-order valence-corrected chi connectivity index (χ0v) is 15.1. The maximum absolute atomic E-state index is 12.7. The number of fused-ring (bicyclic) bond motifs is 1. The van der Waals surface area contributed by atoms with Gasteiger partial charge in [0.15, 0.2) is 5.69 Å². The molecule has 1 amide bonds. The Kier molecular flexibility index (Phi) is 5.10. The van der Waals surface area contributed by atoms with Crippen LogP contribution in [0.1, 0.15) is 28.0 Å². The minimum Gasteiger partial charge on any atom is -0.369 e. The number of nitrogens with zero attached hydrogens (tertiary/aromatic N) is 3. The van der Waals surface area contributed by atoms with Crippen molar-refractivity contribution in [3.63, 3.8) is 0 Å². The Labute approximate surface area is 159 Å². The van der Waals surface area contributed by atoms with Gasteiger partial charge in [-0.25, -0.2) is 0 Å². The van der Waals surface area contributed by atoms with Gasteiger partial charge in [0.05, 0.1) is 0 Å². The first-order chi connectivity index (χ1) is 13.3. The molecule has 136 valence electrons. The lowest BCUT2D eigenvalue weighted by Crippen LogP contribution is -2.29. The van der Waals surface area contributed by atoms with Gasteiger partial charge in [0.2, 0.25) is 0 Å². The SMILES string of the molecule is O=C(c1ccc(NCCCc2ccccc2)nn1)N1CCc2ccccc21. The average Bonchev–Trinajstić information content (AvgIpc) is 3.16. The number of anilines is 2. The molecule has 2 heterocycles. The number of amides is 1. The molecule has 0 radical (unpaired) electrons. The quantitative estimate of drug-likeness (QED) is 0.682. The summed E-state index contributed by atoms with van der Waals surface area (Å²) in [4.78, 5) is 14.5. The fourth-order valence-corrected chi connectivity index (χ4v) is 3.38. The summed E-state index contributed by atoms with van der Waals surface area (Å²) < 4.78 is 0. The summed E-state index contributed by atoms with van der Waals surface area (Å²) in [7, 11) is 0. The number of hydrogen-bond acceptors (Lipinski definition) is 4. The van der Waals surface area contributed by atoms with Crippen molar-refractivity contribution in [2.75, 3.05) is 23.3 Å². The molecular formula is C22H22N4O. The van der Waals surface area contributed by atoms with Gasteiger partial charge in [0.25, 0.3) is 5.91 Å². The molecule has 1 aromatic heterocycles. The second-order valence-corrected chi connectivity index (χ2v) is 6.66.